The van der Waals surface area contributed by atoms with Crippen LogP contribution in [0.15, 0.2) is 18.2 Å². The van der Waals surface area contributed by atoms with Crippen molar-refractivity contribution in [3.8, 4) is 0 Å². The molecule has 0 unspecified atom stereocenters. The number of benzene rings is 1. The lowest BCUT2D eigenvalue weighted by Crippen LogP contribution is -2.36. The fraction of sp³-hybridized carbons (Fsp3) is 0.357. The Balaban J connectivity index is 1.85. The van der Waals surface area contributed by atoms with Gasteiger partial charge in [0, 0.05) is 18.8 Å². The van der Waals surface area contributed by atoms with E-state index in [9.17, 15) is 4.79 Å². The summed E-state index contributed by atoms with van der Waals surface area (Å²) in [6.07, 6.45) is 1.54. The molecule has 0 spiro atoms. The van der Waals surface area contributed by atoms with E-state index in [4.69, 9.17) is 5.73 Å². The van der Waals surface area contributed by atoms with Crippen LogP contribution in [0.4, 0.5) is 5.69 Å². The van der Waals surface area contributed by atoms with E-state index in [-0.39, 0.29) is 5.91 Å². The monoisotopic (exact) mass is 288 g/mol. The molecule has 0 aliphatic carbocycles. The minimum absolute atomic E-state index is 0.0323. The van der Waals surface area contributed by atoms with E-state index in [2.05, 4.69) is 9.59 Å². The Kier molecular flexibility index (Phi) is 3.40. The number of nitrogens with two attached hydrogens (primary N) is 1. The molecular weight excluding hydrogens is 272 g/mol. The number of aromatic nitrogens is 2. The van der Waals surface area contributed by atoms with E-state index in [0.29, 0.717) is 18.0 Å². The van der Waals surface area contributed by atoms with Crippen molar-refractivity contribution < 1.29 is 4.79 Å². The Hall–Kier alpha value is -1.95. The smallest absolute Gasteiger partial charge is 0.267 e. The molecule has 20 heavy (non-hydrogen) atoms. The van der Waals surface area contributed by atoms with Gasteiger partial charge in [-0.2, -0.15) is 0 Å². The van der Waals surface area contributed by atoms with Crippen LogP contribution in [0.2, 0.25) is 0 Å². The standard InChI is InChI=1S/C14H16N4OS/c1-2-12-13(20-17-16-12)14(19)18-7-6-10-9(8-18)4-3-5-11(10)15/h3-5H,2,6-8,15H2,1H3. The molecule has 0 atom stereocenters. The van der Waals surface area contributed by atoms with E-state index in [0.717, 1.165) is 29.8 Å². The number of nitrogens with zero attached hydrogens (tertiary/aromatic N) is 3. The molecule has 104 valence electrons. The van der Waals surface area contributed by atoms with Crippen LogP contribution in [0.3, 0.4) is 0 Å². The summed E-state index contributed by atoms with van der Waals surface area (Å²) in [4.78, 5) is 15.1. The lowest BCUT2D eigenvalue weighted by Gasteiger charge is -2.29. The number of anilines is 1. The Morgan fingerprint density at radius 3 is 3.15 bits per heavy atom. The third-order valence-corrected chi connectivity index (χ3v) is 4.43. The highest BCUT2D eigenvalue weighted by Gasteiger charge is 2.25. The number of fused-ring (bicyclic) bond motifs is 1. The fourth-order valence-electron chi connectivity index (χ4n) is 2.56. The van der Waals surface area contributed by atoms with E-state index in [1.165, 1.54) is 17.1 Å². The third-order valence-electron chi connectivity index (χ3n) is 3.67. The number of carbonyl (C=O) groups is 1. The summed E-state index contributed by atoms with van der Waals surface area (Å²) < 4.78 is 3.89. The number of amides is 1. The molecule has 1 aromatic carbocycles. The molecule has 5 nitrogen and oxygen atoms in total. The molecule has 2 heterocycles. The van der Waals surface area contributed by atoms with Crippen LogP contribution in [-0.2, 0) is 19.4 Å². The van der Waals surface area contributed by atoms with Gasteiger partial charge in [0.2, 0.25) is 0 Å². The second kappa shape index (κ2) is 5.20. The lowest BCUT2D eigenvalue weighted by atomic mass is 9.98. The fourth-order valence-corrected chi connectivity index (χ4v) is 3.28. The number of rotatable bonds is 2. The topological polar surface area (TPSA) is 72.1 Å². The maximum absolute atomic E-state index is 12.6. The zero-order chi connectivity index (χ0) is 14.1. The van der Waals surface area contributed by atoms with E-state index < -0.39 is 0 Å². The van der Waals surface area contributed by atoms with Crippen LogP contribution in [-0.4, -0.2) is 26.9 Å². The summed E-state index contributed by atoms with van der Waals surface area (Å²) in [6, 6.07) is 5.89. The maximum atomic E-state index is 12.6. The number of carbonyl (C=O) groups excluding carboxylic acids is 1. The van der Waals surface area contributed by atoms with E-state index in [1.807, 2.05) is 30.0 Å². The van der Waals surface area contributed by atoms with Gasteiger partial charge in [-0.25, -0.2) is 0 Å². The predicted molar refractivity (Wildman–Crippen MR) is 78.6 cm³/mol. The Morgan fingerprint density at radius 1 is 1.50 bits per heavy atom. The lowest BCUT2D eigenvalue weighted by molar-refractivity contribution is 0.0738. The molecular formula is C14H16N4OS. The van der Waals surface area contributed by atoms with Crippen LogP contribution in [0.5, 0.6) is 0 Å². The van der Waals surface area contributed by atoms with Crippen molar-refractivity contribution in [2.75, 3.05) is 12.3 Å². The number of nitrogen functional groups attached to an aromatic ring is 1. The first-order valence-corrected chi connectivity index (χ1v) is 7.44. The second-order valence-corrected chi connectivity index (χ2v) is 5.62. The summed E-state index contributed by atoms with van der Waals surface area (Å²) in [5, 5.41) is 4.01. The van der Waals surface area contributed by atoms with Crippen LogP contribution in [0.25, 0.3) is 0 Å². The minimum Gasteiger partial charge on any atom is -0.398 e. The van der Waals surface area contributed by atoms with Crippen LogP contribution in [0, 0.1) is 0 Å². The zero-order valence-electron chi connectivity index (χ0n) is 11.3. The molecule has 0 radical (unpaired) electrons. The minimum atomic E-state index is 0.0323. The summed E-state index contributed by atoms with van der Waals surface area (Å²) in [5.41, 5.74) is 9.91. The van der Waals surface area contributed by atoms with Crippen LogP contribution < -0.4 is 5.73 Å². The summed E-state index contributed by atoms with van der Waals surface area (Å²) in [5.74, 6) is 0.0323. The summed E-state index contributed by atoms with van der Waals surface area (Å²) in [7, 11) is 0. The number of aryl methyl sites for hydroxylation is 1. The molecule has 0 fully saturated rings. The second-order valence-electron chi connectivity index (χ2n) is 4.86. The Labute approximate surface area is 121 Å². The molecule has 6 heteroatoms. The molecule has 3 rings (SSSR count). The normalized spacial score (nSPS) is 14.2. The first kappa shape index (κ1) is 13.1. The molecule has 1 amide bonds. The van der Waals surface area contributed by atoms with Crippen LogP contribution in [0.1, 0.15) is 33.4 Å². The van der Waals surface area contributed by atoms with Crippen molar-refractivity contribution in [3.63, 3.8) is 0 Å². The average Bonchev–Trinajstić information content (AvgIpc) is 2.95. The van der Waals surface area contributed by atoms with Gasteiger partial charge in [-0.3, -0.25) is 4.79 Å². The van der Waals surface area contributed by atoms with Crippen molar-refractivity contribution in [3.05, 3.63) is 39.9 Å². The summed E-state index contributed by atoms with van der Waals surface area (Å²) >= 11 is 1.18. The van der Waals surface area contributed by atoms with Crippen molar-refractivity contribution in [1.82, 2.24) is 14.5 Å². The molecule has 0 saturated heterocycles. The predicted octanol–water partition coefficient (Wildman–Crippen LogP) is 1.88. The Morgan fingerprint density at radius 2 is 2.35 bits per heavy atom. The first-order chi connectivity index (χ1) is 9.70. The third kappa shape index (κ3) is 2.16. The maximum Gasteiger partial charge on any atom is 0.267 e. The molecule has 1 aliphatic heterocycles. The van der Waals surface area contributed by atoms with Crippen molar-refractivity contribution in [1.29, 1.82) is 0 Å². The van der Waals surface area contributed by atoms with E-state index >= 15 is 0 Å². The first-order valence-electron chi connectivity index (χ1n) is 6.67. The zero-order valence-corrected chi connectivity index (χ0v) is 12.1. The highest BCUT2D eigenvalue weighted by molar-refractivity contribution is 7.08. The van der Waals surface area contributed by atoms with Crippen molar-refractivity contribution in [2.24, 2.45) is 0 Å². The molecule has 1 aromatic heterocycles. The number of hydrogen-bond donors (Lipinski definition) is 1. The Bertz CT molecular complexity index is 652. The molecule has 2 N–H and O–H groups in total. The van der Waals surface area contributed by atoms with Crippen LogP contribution >= 0.6 is 11.5 Å². The van der Waals surface area contributed by atoms with Gasteiger partial charge in [-0.05, 0) is 41.6 Å². The highest BCUT2D eigenvalue weighted by Crippen LogP contribution is 2.26. The molecule has 0 saturated carbocycles. The van der Waals surface area contributed by atoms with Gasteiger partial charge < -0.3 is 10.6 Å². The average molecular weight is 288 g/mol. The largest absolute Gasteiger partial charge is 0.398 e. The van der Waals surface area contributed by atoms with Crippen molar-refractivity contribution >= 4 is 23.1 Å². The highest BCUT2D eigenvalue weighted by atomic mass is 32.1. The number of hydrogen-bond acceptors (Lipinski definition) is 5. The van der Waals surface area contributed by atoms with Gasteiger partial charge >= 0.3 is 0 Å². The molecule has 1 aliphatic rings. The SMILES string of the molecule is CCc1nnsc1C(=O)N1CCc2c(N)cccc2C1. The summed E-state index contributed by atoms with van der Waals surface area (Å²) in [6.45, 7) is 3.29. The van der Waals surface area contributed by atoms with Gasteiger partial charge in [0.15, 0.2) is 0 Å². The molecule has 0 bridgehead atoms. The quantitative estimate of drug-likeness (QED) is 0.856. The van der Waals surface area contributed by atoms with Gasteiger partial charge in [-0.1, -0.05) is 23.5 Å². The van der Waals surface area contributed by atoms with Gasteiger partial charge in [0.05, 0.1) is 5.69 Å². The van der Waals surface area contributed by atoms with Crippen molar-refractivity contribution in [2.45, 2.75) is 26.3 Å². The van der Waals surface area contributed by atoms with E-state index in [1.54, 1.807) is 0 Å². The molecule has 2 aromatic rings. The van der Waals surface area contributed by atoms with Gasteiger partial charge in [-0.15, -0.1) is 5.10 Å². The van der Waals surface area contributed by atoms with Gasteiger partial charge in [0.25, 0.3) is 5.91 Å². The van der Waals surface area contributed by atoms with Gasteiger partial charge in [0.1, 0.15) is 4.88 Å².